The second kappa shape index (κ2) is 9.42. The summed E-state index contributed by atoms with van der Waals surface area (Å²) in [6, 6.07) is 0.201. The first-order chi connectivity index (χ1) is 10.2. The number of likely N-dealkylation sites (N-methyl/N-ethyl adjacent to an activating group) is 1. The van der Waals surface area contributed by atoms with Crippen molar-refractivity contribution in [3.05, 3.63) is 0 Å². The summed E-state index contributed by atoms with van der Waals surface area (Å²) in [5.41, 5.74) is 0.109. The van der Waals surface area contributed by atoms with Crippen LogP contribution in [0.25, 0.3) is 0 Å². The summed E-state index contributed by atoms with van der Waals surface area (Å²) in [5.74, 6) is 0.327. The quantitative estimate of drug-likeness (QED) is 0.806. The third kappa shape index (κ3) is 4.95. The molecule has 0 radical (unpaired) electrons. The lowest BCUT2D eigenvalue weighted by Crippen LogP contribution is -2.64. The van der Waals surface area contributed by atoms with Crippen LogP contribution < -0.4 is 5.32 Å². The molecule has 1 atom stereocenters. The van der Waals surface area contributed by atoms with Crippen LogP contribution in [0.15, 0.2) is 0 Å². The minimum atomic E-state index is 0. The molecule has 2 heterocycles. The highest BCUT2D eigenvalue weighted by Crippen LogP contribution is 2.36. The van der Waals surface area contributed by atoms with Gasteiger partial charge in [-0.3, -0.25) is 4.79 Å². The fraction of sp³-hybridized carbons (Fsp3) is 0.938. The molecule has 1 saturated carbocycles. The number of hydrogen-bond acceptors (Lipinski definition) is 4. The van der Waals surface area contributed by atoms with E-state index in [0.29, 0.717) is 18.9 Å². The highest BCUT2D eigenvalue weighted by Gasteiger charge is 2.43. The lowest BCUT2D eigenvalue weighted by atomic mass is 9.78. The molecule has 1 amide bonds. The molecule has 0 bridgehead atoms. The molecule has 7 heteroatoms. The summed E-state index contributed by atoms with van der Waals surface area (Å²) in [5, 5.41) is 3.41. The number of ether oxygens (including phenoxy) is 1. The molecule has 2 saturated heterocycles. The van der Waals surface area contributed by atoms with Crippen molar-refractivity contribution in [3.63, 3.8) is 0 Å². The number of nitrogens with one attached hydrogen (secondary N) is 1. The van der Waals surface area contributed by atoms with Crippen molar-refractivity contribution in [3.8, 4) is 0 Å². The molecule has 0 aromatic heterocycles. The monoisotopic (exact) mass is 367 g/mol. The summed E-state index contributed by atoms with van der Waals surface area (Å²) < 4.78 is 5.48. The Bertz CT molecular complexity index is 372. The van der Waals surface area contributed by atoms with Crippen molar-refractivity contribution in [2.45, 2.75) is 50.1 Å². The van der Waals surface area contributed by atoms with E-state index in [-0.39, 0.29) is 36.4 Å². The summed E-state index contributed by atoms with van der Waals surface area (Å²) >= 11 is 0. The number of nitrogens with zero attached hydrogens (tertiary/aromatic N) is 2. The Balaban J connectivity index is 0.00000132. The average Bonchev–Trinajstić information content (AvgIpc) is 2.49. The van der Waals surface area contributed by atoms with Gasteiger partial charge in [-0.25, -0.2) is 0 Å². The van der Waals surface area contributed by atoms with Crippen LogP contribution in [-0.4, -0.2) is 73.7 Å². The molecular formula is C16H31Cl2N3O2. The smallest absolute Gasteiger partial charge is 0.224 e. The van der Waals surface area contributed by atoms with E-state index in [1.54, 1.807) is 0 Å². The molecule has 0 aromatic rings. The minimum absolute atomic E-state index is 0. The Morgan fingerprint density at radius 2 is 1.96 bits per heavy atom. The Morgan fingerprint density at radius 3 is 2.61 bits per heavy atom. The summed E-state index contributed by atoms with van der Waals surface area (Å²) in [4.78, 5) is 17.5. The summed E-state index contributed by atoms with van der Waals surface area (Å²) in [6.45, 7) is 5.25. The van der Waals surface area contributed by atoms with E-state index in [1.807, 2.05) is 0 Å². The molecule has 1 spiro atoms. The highest BCUT2D eigenvalue weighted by atomic mass is 35.5. The van der Waals surface area contributed by atoms with E-state index in [1.165, 1.54) is 32.1 Å². The van der Waals surface area contributed by atoms with E-state index in [9.17, 15) is 4.79 Å². The molecule has 2 aliphatic heterocycles. The van der Waals surface area contributed by atoms with E-state index in [4.69, 9.17) is 4.74 Å². The number of amides is 1. The van der Waals surface area contributed by atoms with Gasteiger partial charge in [0.15, 0.2) is 0 Å². The van der Waals surface area contributed by atoms with Crippen molar-refractivity contribution in [2.75, 3.05) is 46.4 Å². The Labute approximate surface area is 152 Å². The number of piperazine rings is 1. The van der Waals surface area contributed by atoms with Crippen LogP contribution in [0, 0.1) is 0 Å². The van der Waals surface area contributed by atoms with E-state index in [0.717, 1.165) is 32.8 Å². The van der Waals surface area contributed by atoms with Crippen LogP contribution in [0.4, 0.5) is 0 Å². The maximum Gasteiger partial charge on any atom is 0.224 e. The molecule has 3 fully saturated rings. The second-order valence-corrected chi connectivity index (χ2v) is 7.00. The molecule has 0 aromatic carbocycles. The van der Waals surface area contributed by atoms with Crippen LogP contribution in [0.3, 0.4) is 0 Å². The number of morpholine rings is 1. The Morgan fingerprint density at radius 1 is 1.22 bits per heavy atom. The van der Waals surface area contributed by atoms with Gasteiger partial charge in [-0.15, -0.1) is 24.8 Å². The third-order valence-electron chi connectivity index (χ3n) is 5.35. The van der Waals surface area contributed by atoms with Gasteiger partial charge in [-0.05, 0) is 19.9 Å². The van der Waals surface area contributed by atoms with E-state index in [2.05, 4.69) is 22.2 Å². The SMILES string of the molecule is CN1CCN(C(=O)CC2COCCN2)C2(CCCCC2)C1.Cl.Cl. The van der Waals surface area contributed by atoms with Gasteiger partial charge in [0.05, 0.1) is 18.8 Å². The van der Waals surface area contributed by atoms with E-state index < -0.39 is 0 Å². The lowest BCUT2D eigenvalue weighted by Gasteiger charge is -2.52. The van der Waals surface area contributed by atoms with Crippen LogP contribution in [0.1, 0.15) is 38.5 Å². The van der Waals surface area contributed by atoms with Crippen LogP contribution in [0.2, 0.25) is 0 Å². The maximum absolute atomic E-state index is 12.9. The van der Waals surface area contributed by atoms with E-state index >= 15 is 0 Å². The van der Waals surface area contributed by atoms with Crippen molar-refractivity contribution in [1.82, 2.24) is 15.1 Å². The number of halogens is 2. The molecular weight excluding hydrogens is 337 g/mol. The normalized spacial score (nSPS) is 27.9. The molecule has 1 unspecified atom stereocenters. The average molecular weight is 368 g/mol. The number of carbonyl (C=O) groups is 1. The number of hydrogen-bond donors (Lipinski definition) is 1. The fourth-order valence-corrected chi connectivity index (χ4v) is 4.27. The van der Waals surface area contributed by atoms with Gasteiger partial charge >= 0.3 is 0 Å². The van der Waals surface area contributed by atoms with Crippen molar-refractivity contribution < 1.29 is 9.53 Å². The minimum Gasteiger partial charge on any atom is -0.378 e. The van der Waals surface area contributed by atoms with Crippen molar-refractivity contribution in [1.29, 1.82) is 0 Å². The highest BCUT2D eigenvalue weighted by molar-refractivity contribution is 5.85. The summed E-state index contributed by atoms with van der Waals surface area (Å²) in [6.07, 6.45) is 6.80. The molecule has 23 heavy (non-hydrogen) atoms. The Hall–Kier alpha value is -0.0700. The third-order valence-corrected chi connectivity index (χ3v) is 5.35. The molecule has 1 N–H and O–H groups in total. The first-order valence-electron chi connectivity index (χ1n) is 8.50. The van der Waals surface area contributed by atoms with Gasteiger partial charge < -0.3 is 19.9 Å². The predicted molar refractivity (Wildman–Crippen MR) is 96.7 cm³/mol. The zero-order valence-electron chi connectivity index (χ0n) is 14.1. The zero-order chi connectivity index (χ0) is 14.7. The summed E-state index contributed by atoms with van der Waals surface area (Å²) in [7, 11) is 2.19. The second-order valence-electron chi connectivity index (χ2n) is 7.00. The molecule has 136 valence electrons. The molecule has 3 aliphatic rings. The molecule has 3 rings (SSSR count). The van der Waals surface area contributed by atoms with Gasteiger partial charge in [0.2, 0.25) is 5.91 Å². The largest absolute Gasteiger partial charge is 0.378 e. The topological polar surface area (TPSA) is 44.8 Å². The van der Waals surface area contributed by atoms with Crippen LogP contribution in [0.5, 0.6) is 0 Å². The predicted octanol–water partition coefficient (Wildman–Crippen LogP) is 1.69. The standard InChI is InChI=1S/C16H29N3O2.2ClH/c1-18-8-9-19(16(13-18)5-3-2-4-6-16)15(20)11-14-12-21-10-7-17-14;;/h14,17H,2-13H2,1H3;2*1H. The first-order valence-corrected chi connectivity index (χ1v) is 8.50. The number of carbonyl (C=O) groups excluding carboxylic acids is 1. The van der Waals surface area contributed by atoms with Gasteiger partial charge in [-0.1, -0.05) is 19.3 Å². The van der Waals surface area contributed by atoms with Gasteiger partial charge in [-0.2, -0.15) is 0 Å². The fourth-order valence-electron chi connectivity index (χ4n) is 4.27. The van der Waals surface area contributed by atoms with Crippen molar-refractivity contribution >= 4 is 30.7 Å². The lowest BCUT2D eigenvalue weighted by molar-refractivity contribution is -0.145. The van der Waals surface area contributed by atoms with Crippen molar-refractivity contribution in [2.24, 2.45) is 0 Å². The van der Waals surface area contributed by atoms with Crippen LogP contribution >= 0.6 is 24.8 Å². The van der Waals surface area contributed by atoms with Gasteiger partial charge in [0.1, 0.15) is 0 Å². The maximum atomic E-state index is 12.9. The van der Waals surface area contributed by atoms with Crippen LogP contribution in [-0.2, 0) is 9.53 Å². The molecule has 1 aliphatic carbocycles. The van der Waals surface area contributed by atoms with Gasteiger partial charge in [0, 0.05) is 38.6 Å². The molecule has 5 nitrogen and oxygen atoms in total. The Kier molecular flexibility index (Phi) is 8.59. The zero-order valence-corrected chi connectivity index (χ0v) is 15.7. The first kappa shape index (κ1) is 21.0. The van der Waals surface area contributed by atoms with Gasteiger partial charge in [0.25, 0.3) is 0 Å². The number of rotatable bonds is 2.